The van der Waals surface area contributed by atoms with Gasteiger partial charge in [0.15, 0.2) is 11.6 Å². The second-order valence-corrected chi connectivity index (χ2v) is 7.45. The molecule has 32 heavy (non-hydrogen) atoms. The summed E-state index contributed by atoms with van der Waals surface area (Å²) in [5.74, 6) is -3.79. The van der Waals surface area contributed by atoms with Gasteiger partial charge in [-0.2, -0.15) is 0 Å². The SMILES string of the molecule is O=C(O)c1[nH]nnc1Oc1cc(F)c(OC(F)(F)F)c(C#CS(=O)(=O)c2ccccc2)c1. The molecule has 0 aliphatic heterocycles. The average Bonchev–Trinajstić information content (AvgIpc) is 3.17. The van der Waals surface area contributed by atoms with Crippen molar-refractivity contribution in [1.82, 2.24) is 15.4 Å². The predicted molar refractivity (Wildman–Crippen MR) is 97.0 cm³/mol. The van der Waals surface area contributed by atoms with E-state index in [2.05, 4.69) is 15.0 Å². The summed E-state index contributed by atoms with van der Waals surface area (Å²) in [7, 11) is -4.28. The Morgan fingerprint density at radius 1 is 1.16 bits per heavy atom. The van der Waals surface area contributed by atoms with Gasteiger partial charge < -0.3 is 14.6 Å². The number of rotatable bonds is 5. The maximum absolute atomic E-state index is 14.4. The molecular formula is C18H9F4N3O6S. The number of nitrogens with zero attached hydrogens (tertiary/aromatic N) is 2. The van der Waals surface area contributed by atoms with Gasteiger partial charge in [0, 0.05) is 17.4 Å². The number of hydrogen-bond acceptors (Lipinski definition) is 7. The lowest BCUT2D eigenvalue weighted by Gasteiger charge is -2.13. The Labute approximate surface area is 176 Å². The average molecular weight is 471 g/mol. The van der Waals surface area contributed by atoms with Crippen LogP contribution in [0.15, 0.2) is 47.4 Å². The van der Waals surface area contributed by atoms with Gasteiger partial charge in [-0.25, -0.2) is 22.7 Å². The molecule has 0 spiro atoms. The van der Waals surface area contributed by atoms with Crippen molar-refractivity contribution < 1.29 is 45.4 Å². The molecule has 3 aromatic rings. The van der Waals surface area contributed by atoms with Crippen LogP contribution in [-0.4, -0.2) is 41.3 Å². The number of carboxylic acid groups (broad SMARTS) is 1. The molecule has 9 nitrogen and oxygen atoms in total. The van der Waals surface area contributed by atoms with E-state index >= 15 is 0 Å². The van der Waals surface area contributed by atoms with E-state index in [-0.39, 0.29) is 4.90 Å². The first-order chi connectivity index (χ1) is 15.0. The number of halogens is 4. The monoisotopic (exact) mass is 471 g/mol. The summed E-state index contributed by atoms with van der Waals surface area (Å²) in [4.78, 5) is 10.8. The van der Waals surface area contributed by atoms with Crippen LogP contribution in [0.2, 0.25) is 0 Å². The summed E-state index contributed by atoms with van der Waals surface area (Å²) in [6.07, 6.45) is -5.32. The molecule has 0 bridgehead atoms. The fraction of sp³-hybridized carbons (Fsp3) is 0.0556. The number of H-pyrrole nitrogens is 1. The van der Waals surface area contributed by atoms with Crippen molar-refractivity contribution in [2.75, 3.05) is 0 Å². The molecule has 0 aliphatic rings. The van der Waals surface area contributed by atoms with Crippen molar-refractivity contribution in [1.29, 1.82) is 0 Å². The second kappa shape index (κ2) is 8.55. The summed E-state index contributed by atoms with van der Waals surface area (Å²) >= 11 is 0. The number of hydrogen-bond donors (Lipinski definition) is 2. The molecule has 1 aromatic heterocycles. The number of carboxylic acids is 1. The van der Waals surface area contributed by atoms with Gasteiger partial charge in [-0.3, -0.25) is 0 Å². The fourth-order valence-corrected chi connectivity index (χ4v) is 3.14. The van der Waals surface area contributed by atoms with Crippen LogP contribution in [0.3, 0.4) is 0 Å². The molecule has 0 aliphatic carbocycles. The Hall–Kier alpha value is -4.12. The molecule has 0 saturated carbocycles. The van der Waals surface area contributed by atoms with Crippen LogP contribution in [0.5, 0.6) is 17.4 Å². The molecule has 166 valence electrons. The lowest BCUT2D eigenvalue weighted by Crippen LogP contribution is -2.19. The van der Waals surface area contributed by atoms with Crippen LogP contribution < -0.4 is 9.47 Å². The zero-order valence-electron chi connectivity index (χ0n) is 15.3. The molecule has 0 amide bonds. The van der Waals surface area contributed by atoms with Crippen molar-refractivity contribution in [3.63, 3.8) is 0 Å². The number of alkyl halides is 3. The van der Waals surface area contributed by atoms with E-state index in [0.717, 1.165) is 6.07 Å². The van der Waals surface area contributed by atoms with Crippen LogP contribution in [0.25, 0.3) is 0 Å². The number of benzene rings is 2. The first-order valence-corrected chi connectivity index (χ1v) is 9.69. The molecule has 1 heterocycles. The van der Waals surface area contributed by atoms with Gasteiger partial charge in [-0.1, -0.05) is 28.5 Å². The standard InChI is InChI=1S/C18H9F4N3O6S/c19-13-9-11(30-16-14(17(26)27)23-25-24-16)8-10(15(13)31-18(20,21)22)6-7-32(28,29)12-4-2-1-3-5-12/h1-5,8-9H,(H,26,27)(H,23,24,25). The number of ether oxygens (including phenoxy) is 2. The van der Waals surface area contributed by atoms with Crippen molar-refractivity contribution >= 4 is 15.8 Å². The van der Waals surface area contributed by atoms with Crippen LogP contribution in [0.4, 0.5) is 17.6 Å². The number of carbonyl (C=O) groups is 1. The zero-order valence-corrected chi connectivity index (χ0v) is 16.2. The quantitative estimate of drug-likeness (QED) is 0.429. The van der Waals surface area contributed by atoms with Gasteiger partial charge in [0.25, 0.3) is 5.88 Å². The molecule has 0 saturated heterocycles. The lowest BCUT2D eigenvalue weighted by molar-refractivity contribution is -0.275. The molecule has 3 rings (SSSR count). The third-order valence-corrected chi connectivity index (χ3v) is 4.82. The summed E-state index contributed by atoms with van der Waals surface area (Å²) in [5, 5.41) is 19.3. The summed E-state index contributed by atoms with van der Waals surface area (Å²) in [6, 6.07) is 7.91. The van der Waals surface area contributed by atoms with Gasteiger partial charge in [-0.05, 0) is 18.1 Å². The third-order valence-electron chi connectivity index (χ3n) is 3.55. The number of aromatic amines is 1. The highest BCUT2D eigenvalue weighted by Gasteiger charge is 2.34. The van der Waals surface area contributed by atoms with Crippen molar-refractivity contribution in [2.24, 2.45) is 0 Å². The Kier molecular flexibility index (Phi) is 6.03. The molecular weight excluding hydrogens is 462 g/mol. The van der Waals surface area contributed by atoms with E-state index in [1.54, 1.807) is 5.25 Å². The molecule has 2 aromatic carbocycles. The van der Waals surface area contributed by atoms with E-state index in [9.17, 15) is 30.8 Å². The predicted octanol–water partition coefficient (Wildman–Crippen LogP) is 3.12. The maximum Gasteiger partial charge on any atom is 0.573 e. The number of sulfone groups is 1. The van der Waals surface area contributed by atoms with E-state index < -0.39 is 56.6 Å². The minimum absolute atomic E-state index is 0.243. The van der Waals surface area contributed by atoms with Crippen LogP contribution in [-0.2, 0) is 9.84 Å². The molecule has 0 atom stereocenters. The largest absolute Gasteiger partial charge is 0.573 e. The topological polar surface area (TPSA) is 131 Å². The van der Waals surface area contributed by atoms with E-state index in [1.807, 2.05) is 11.0 Å². The highest BCUT2D eigenvalue weighted by Crippen LogP contribution is 2.34. The van der Waals surface area contributed by atoms with E-state index in [1.165, 1.54) is 30.3 Å². The van der Waals surface area contributed by atoms with Crippen LogP contribution in [0, 0.1) is 17.0 Å². The van der Waals surface area contributed by atoms with Crippen molar-refractivity contribution in [2.45, 2.75) is 11.3 Å². The van der Waals surface area contributed by atoms with Gasteiger partial charge in [-0.15, -0.1) is 13.2 Å². The van der Waals surface area contributed by atoms with E-state index in [0.29, 0.717) is 6.07 Å². The summed E-state index contributed by atoms with van der Waals surface area (Å²) in [6.45, 7) is 0. The normalized spacial score (nSPS) is 11.4. The molecule has 2 N–H and O–H groups in total. The summed E-state index contributed by atoms with van der Waals surface area (Å²) in [5.41, 5.74) is -1.46. The van der Waals surface area contributed by atoms with Crippen LogP contribution >= 0.6 is 0 Å². The van der Waals surface area contributed by atoms with Gasteiger partial charge in [0.2, 0.25) is 15.5 Å². The molecule has 14 heteroatoms. The second-order valence-electron chi connectivity index (χ2n) is 5.77. The van der Waals surface area contributed by atoms with Gasteiger partial charge in [0.1, 0.15) is 5.75 Å². The first kappa shape index (κ1) is 22.6. The highest BCUT2D eigenvalue weighted by atomic mass is 32.2. The molecule has 0 radical (unpaired) electrons. The minimum atomic E-state index is -5.32. The number of aromatic carboxylic acids is 1. The maximum atomic E-state index is 14.4. The Morgan fingerprint density at radius 2 is 1.84 bits per heavy atom. The fourth-order valence-electron chi connectivity index (χ4n) is 2.26. The first-order valence-electron chi connectivity index (χ1n) is 8.20. The van der Waals surface area contributed by atoms with Crippen molar-refractivity contribution in [3.05, 3.63) is 59.5 Å². The van der Waals surface area contributed by atoms with Gasteiger partial charge in [0.05, 0.1) is 10.5 Å². The summed E-state index contributed by atoms with van der Waals surface area (Å²) < 4.78 is 85.8. The Balaban J connectivity index is 2.08. The lowest BCUT2D eigenvalue weighted by atomic mass is 10.2. The smallest absolute Gasteiger partial charge is 0.476 e. The van der Waals surface area contributed by atoms with E-state index in [4.69, 9.17) is 9.84 Å². The minimum Gasteiger partial charge on any atom is -0.476 e. The van der Waals surface area contributed by atoms with Gasteiger partial charge >= 0.3 is 12.3 Å². The zero-order chi connectivity index (χ0) is 23.5. The van der Waals surface area contributed by atoms with Crippen molar-refractivity contribution in [3.8, 4) is 28.6 Å². The number of aromatic nitrogens is 3. The van der Waals surface area contributed by atoms with Crippen LogP contribution in [0.1, 0.15) is 16.1 Å². The highest BCUT2D eigenvalue weighted by molar-refractivity contribution is 7.96. The third kappa shape index (κ3) is 5.32. The Bertz CT molecular complexity index is 1330. The Morgan fingerprint density at radius 3 is 2.47 bits per heavy atom. The number of nitrogens with one attached hydrogen (secondary N) is 1. The molecule has 0 unspecified atom stereocenters. The molecule has 0 fully saturated rings.